The summed E-state index contributed by atoms with van der Waals surface area (Å²) in [6, 6.07) is 1.89. The summed E-state index contributed by atoms with van der Waals surface area (Å²) in [6.07, 6.45) is 3.71. The van der Waals surface area contributed by atoms with Crippen molar-refractivity contribution in [3.63, 3.8) is 0 Å². The summed E-state index contributed by atoms with van der Waals surface area (Å²) in [5.74, 6) is -0.357. The first-order valence-electron chi connectivity index (χ1n) is 8.39. The summed E-state index contributed by atoms with van der Waals surface area (Å²) in [5.41, 5.74) is 6.00. The van der Waals surface area contributed by atoms with Crippen molar-refractivity contribution in [3.05, 3.63) is 50.4 Å². The number of nitrogens with two attached hydrogens (primary N) is 1. The van der Waals surface area contributed by atoms with Crippen LogP contribution in [0.5, 0.6) is 0 Å². The maximum absolute atomic E-state index is 13.0. The Morgan fingerprint density at radius 3 is 2.52 bits per heavy atom. The molecule has 0 aliphatic heterocycles. The van der Waals surface area contributed by atoms with Gasteiger partial charge in [0, 0.05) is 19.3 Å². The molecule has 0 radical (unpaired) electrons. The smallest absolute Gasteiger partial charge is 0.332 e. The number of aryl methyl sites for hydroxylation is 3. The summed E-state index contributed by atoms with van der Waals surface area (Å²) in [4.78, 5) is 41.3. The van der Waals surface area contributed by atoms with E-state index in [1.807, 2.05) is 39.0 Å². The molecule has 27 heavy (non-hydrogen) atoms. The third-order valence-electron chi connectivity index (χ3n) is 4.25. The number of hydrogen-bond donors (Lipinski definition) is 1. The number of carbonyl (C=O) groups excluding carboxylic acids is 1. The molecule has 3 aromatic heterocycles. The SMILES string of the molecule is C/C=C/Cn1c(-n2nc(C)cc2C)nc2c1c(=O)n(CC(N)=O)c(=O)n2C. The molecule has 10 nitrogen and oxygen atoms in total. The summed E-state index contributed by atoms with van der Waals surface area (Å²) in [7, 11) is 1.50. The van der Waals surface area contributed by atoms with Gasteiger partial charge in [0.25, 0.3) is 5.56 Å². The Bertz CT molecular complexity index is 1190. The minimum atomic E-state index is -0.771. The fraction of sp³-hybridized carbons (Fsp3) is 0.353. The average molecular weight is 371 g/mol. The van der Waals surface area contributed by atoms with Gasteiger partial charge in [-0.15, -0.1) is 0 Å². The van der Waals surface area contributed by atoms with E-state index in [0.717, 1.165) is 16.0 Å². The number of fused-ring (bicyclic) bond motifs is 1. The standard InChI is InChI=1S/C17H21N7O3/c1-5-6-7-22-13-14(19-16(22)24-11(3)8-10(2)20-24)21(4)17(27)23(15(13)26)9-12(18)25/h5-6,8H,7,9H2,1-4H3,(H2,18,25)/b6-5+. The fourth-order valence-electron chi connectivity index (χ4n) is 3.03. The molecule has 3 rings (SSSR count). The highest BCUT2D eigenvalue weighted by molar-refractivity contribution is 5.75. The van der Waals surface area contributed by atoms with Gasteiger partial charge in [-0.2, -0.15) is 10.1 Å². The molecule has 0 saturated heterocycles. The minimum absolute atomic E-state index is 0.207. The van der Waals surface area contributed by atoms with Gasteiger partial charge in [-0.25, -0.2) is 14.0 Å². The van der Waals surface area contributed by atoms with Gasteiger partial charge in [-0.3, -0.25) is 18.7 Å². The molecule has 10 heteroatoms. The van der Waals surface area contributed by atoms with Crippen LogP contribution < -0.4 is 17.0 Å². The third kappa shape index (κ3) is 2.98. The van der Waals surface area contributed by atoms with E-state index in [0.29, 0.717) is 12.5 Å². The number of carbonyl (C=O) groups is 1. The highest BCUT2D eigenvalue weighted by Crippen LogP contribution is 2.17. The molecule has 0 saturated carbocycles. The minimum Gasteiger partial charge on any atom is -0.368 e. The van der Waals surface area contributed by atoms with Crippen LogP contribution in [0.15, 0.2) is 27.8 Å². The molecule has 3 aromatic rings. The summed E-state index contributed by atoms with van der Waals surface area (Å²) in [6.45, 7) is 5.46. The predicted molar refractivity (Wildman–Crippen MR) is 99.8 cm³/mol. The number of hydrogen-bond acceptors (Lipinski definition) is 5. The van der Waals surface area contributed by atoms with Gasteiger partial charge in [0.1, 0.15) is 6.54 Å². The number of nitrogens with zero attached hydrogens (tertiary/aromatic N) is 6. The highest BCUT2D eigenvalue weighted by Gasteiger charge is 2.22. The zero-order chi connectivity index (χ0) is 19.9. The van der Waals surface area contributed by atoms with E-state index in [-0.39, 0.29) is 11.2 Å². The van der Waals surface area contributed by atoms with Crippen LogP contribution in [0.4, 0.5) is 0 Å². The van der Waals surface area contributed by atoms with E-state index in [9.17, 15) is 14.4 Å². The zero-order valence-corrected chi connectivity index (χ0v) is 15.6. The molecule has 142 valence electrons. The number of aromatic nitrogens is 6. The van der Waals surface area contributed by atoms with Crippen LogP contribution in [0.2, 0.25) is 0 Å². The predicted octanol–water partition coefficient (Wildman–Crippen LogP) is -0.239. The van der Waals surface area contributed by atoms with Crippen LogP contribution >= 0.6 is 0 Å². The van der Waals surface area contributed by atoms with Gasteiger partial charge in [-0.1, -0.05) is 12.2 Å². The lowest BCUT2D eigenvalue weighted by Gasteiger charge is -2.09. The van der Waals surface area contributed by atoms with Crippen LogP contribution in [0.1, 0.15) is 18.3 Å². The number of primary amides is 1. The van der Waals surface area contributed by atoms with E-state index in [4.69, 9.17) is 5.73 Å². The quantitative estimate of drug-likeness (QED) is 0.620. The summed E-state index contributed by atoms with van der Waals surface area (Å²) >= 11 is 0. The van der Waals surface area contributed by atoms with Gasteiger partial charge in [0.05, 0.1) is 5.69 Å². The van der Waals surface area contributed by atoms with Gasteiger partial charge < -0.3 is 5.73 Å². The summed E-state index contributed by atoms with van der Waals surface area (Å²) in [5, 5.41) is 4.44. The molecule has 0 aromatic carbocycles. The van der Waals surface area contributed by atoms with Crippen LogP contribution in [0.25, 0.3) is 17.1 Å². The molecule has 0 aliphatic rings. The number of imidazole rings is 1. The second-order valence-electron chi connectivity index (χ2n) is 6.30. The average Bonchev–Trinajstić information content (AvgIpc) is 3.14. The van der Waals surface area contributed by atoms with Gasteiger partial charge in [0.2, 0.25) is 11.9 Å². The second-order valence-corrected chi connectivity index (χ2v) is 6.30. The van der Waals surface area contributed by atoms with Crippen LogP contribution in [-0.4, -0.2) is 34.4 Å². The number of rotatable bonds is 5. The first-order valence-corrected chi connectivity index (χ1v) is 8.39. The third-order valence-corrected chi connectivity index (χ3v) is 4.25. The Morgan fingerprint density at radius 1 is 1.26 bits per heavy atom. The monoisotopic (exact) mass is 371 g/mol. The van der Waals surface area contributed by atoms with Crippen LogP contribution in [0, 0.1) is 13.8 Å². The maximum atomic E-state index is 13.0. The summed E-state index contributed by atoms with van der Waals surface area (Å²) < 4.78 is 5.36. The Balaban J connectivity index is 2.45. The fourth-order valence-corrected chi connectivity index (χ4v) is 3.03. The topological polar surface area (TPSA) is 123 Å². The molecule has 0 aliphatic carbocycles. The normalized spacial score (nSPS) is 11.7. The van der Waals surface area contributed by atoms with Crippen molar-refractivity contribution in [2.24, 2.45) is 12.8 Å². The van der Waals surface area contributed by atoms with Crippen molar-refractivity contribution in [1.29, 1.82) is 0 Å². The maximum Gasteiger partial charge on any atom is 0.332 e. The van der Waals surface area contributed by atoms with Crippen molar-refractivity contribution in [3.8, 4) is 5.95 Å². The molecule has 2 N–H and O–H groups in total. The lowest BCUT2D eigenvalue weighted by Crippen LogP contribution is -2.42. The van der Waals surface area contributed by atoms with Gasteiger partial charge in [-0.05, 0) is 26.8 Å². The van der Waals surface area contributed by atoms with Crippen molar-refractivity contribution in [2.45, 2.75) is 33.9 Å². The molecule has 1 amide bonds. The Morgan fingerprint density at radius 2 is 1.96 bits per heavy atom. The number of allylic oxidation sites excluding steroid dienone is 2. The second kappa shape index (κ2) is 6.71. The first kappa shape index (κ1) is 18.4. The molecule has 0 unspecified atom stereocenters. The molecule has 0 bridgehead atoms. The molecule has 0 fully saturated rings. The van der Waals surface area contributed by atoms with Crippen molar-refractivity contribution < 1.29 is 4.79 Å². The molecular weight excluding hydrogens is 350 g/mol. The van der Waals surface area contributed by atoms with Crippen LogP contribution in [-0.2, 0) is 24.9 Å². The molecule has 3 heterocycles. The lowest BCUT2D eigenvalue weighted by atomic mass is 10.4. The Kier molecular flexibility index (Phi) is 4.56. The Labute approximate surface area is 154 Å². The molecular formula is C17H21N7O3. The molecule has 0 spiro atoms. The van der Waals surface area contributed by atoms with E-state index >= 15 is 0 Å². The zero-order valence-electron chi connectivity index (χ0n) is 15.6. The number of amides is 1. The van der Waals surface area contributed by atoms with E-state index in [1.165, 1.54) is 11.6 Å². The van der Waals surface area contributed by atoms with Gasteiger partial charge >= 0.3 is 5.69 Å². The van der Waals surface area contributed by atoms with E-state index < -0.39 is 23.7 Å². The highest BCUT2D eigenvalue weighted by atomic mass is 16.2. The van der Waals surface area contributed by atoms with Crippen molar-refractivity contribution in [1.82, 2.24) is 28.5 Å². The first-order chi connectivity index (χ1) is 12.8. The largest absolute Gasteiger partial charge is 0.368 e. The van der Waals surface area contributed by atoms with E-state index in [1.54, 1.807) is 9.25 Å². The Hall–Kier alpha value is -3.43. The van der Waals surface area contributed by atoms with Gasteiger partial charge in [0.15, 0.2) is 11.2 Å². The van der Waals surface area contributed by atoms with Crippen molar-refractivity contribution >= 4 is 17.1 Å². The van der Waals surface area contributed by atoms with E-state index in [2.05, 4.69) is 10.1 Å². The van der Waals surface area contributed by atoms with Crippen LogP contribution in [0.3, 0.4) is 0 Å². The molecule has 0 atom stereocenters. The lowest BCUT2D eigenvalue weighted by molar-refractivity contribution is -0.118. The van der Waals surface area contributed by atoms with Crippen molar-refractivity contribution in [2.75, 3.05) is 0 Å².